The third-order valence-corrected chi connectivity index (χ3v) is 1.83. The molecule has 0 nitrogen and oxygen atoms in total. The molecule has 0 saturated carbocycles. The van der Waals surface area contributed by atoms with Crippen molar-refractivity contribution in [3.8, 4) is 0 Å². The zero-order valence-corrected chi connectivity index (χ0v) is 9.86. The molecular formula is C10H15Zr-. The molecule has 0 aromatic heterocycles. The molecule has 0 aromatic rings. The van der Waals surface area contributed by atoms with Gasteiger partial charge in [0.25, 0.3) is 0 Å². The Kier molecular flexibility index (Phi) is 6.14. The first-order chi connectivity index (χ1) is 4.83. The SMILES string of the molecule is CCCCC1=CCC(C)=[C-]1.[Zr]. The van der Waals surface area contributed by atoms with Crippen molar-refractivity contribution >= 4 is 0 Å². The minimum atomic E-state index is 0. The molecule has 0 aromatic carbocycles. The van der Waals surface area contributed by atoms with Crippen molar-refractivity contribution in [1.82, 2.24) is 0 Å². The summed E-state index contributed by atoms with van der Waals surface area (Å²) in [5.41, 5.74) is 2.82. The zero-order valence-electron chi connectivity index (χ0n) is 7.41. The van der Waals surface area contributed by atoms with E-state index in [2.05, 4.69) is 26.0 Å². The summed E-state index contributed by atoms with van der Waals surface area (Å²) in [6, 6.07) is 0. The smallest absolute Gasteiger partial charge is 0 e. The molecule has 0 spiro atoms. The van der Waals surface area contributed by atoms with E-state index in [4.69, 9.17) is 0 Å². The largest absolute Gasteiger partial charge is 0.250 e. The molecule has 1 aliphatic rings. The van der Waals surface area contributed by atoms with Gasteiger partial charge in [-0.15, -0.1) is 0 Å². The fraction of sp³-hybridized carbons (Fsp3) is 0.600. The summed E-state index contributed by atoms with van der Waals surface area (Å²) in [5, 5.41) is 0. The first-order valence-corrected chi connectivity index (χ1v) is 4.11. The Hall–Kier alpha value is 0.363. The minimum absolute atomic E-state index is 0. The summed E-state index contributed by atoms with van der Waals surface area (Å²) < 4.78 is 0. The van der Waals surface area contributed by atoms with Gasteiger partial charge in [-0.25, -0.2) is 17.7 Å². The average Bonchev–Trinajstić information content (AvgIpc) is 2.31. The van der Waals surface area contributed by atoms with Crippen LogP contribution in [0.25, 0.3) is 0 Å². The van der Waals surface area contributed by atoms with Crippen LogP contribution in [-0.2, 0) is 26.2 Å². The molecule has 0 radical (unpaired) electrons. The van der Waals surface area contributed by atoms with E-state index >= 15 is 0 Å². The molecule has 0 unspecified atom stereocenters. The molecule has 0 saturated heterocycles. The Morgan fingerprint density at radius 3 is 2.73 bits per heavy atom. The van der Waals surface area contributed by atoms with Crippen molar-refractivity contribution in [2.45, 2.75) is 39.5 Å². The maximum Gasteiger partial charge on any atom is 0 e. The second-order valence-electron chi connectivity index (χ2n) is 2.94. The van der Waals surface area contributed by atoms with Crippen molar-refractivity contribution < 1.29 is 26.2 Å². The van der Waals surface area contributed by atoms with Gasteiger partial charge in [0.2, 0.25) is 0 Å². The Labute approximate surface area is 88.9 Å². The second-order valence-corrected chi connectivity index (χ2v) is 2.94. The summed E-state index contributed by atoms with van der Waals surface area (Å²) in [5.74, 6) is 0. The predicted octanol–water partition coefficient (Wildman–Crippen LogP) is 3.25. The van der Waals surface area contributed by atoms with Gasteiger partial charge in [0.1, 0.15) is 0 Å². The van der Waals surface area contributed by atoms with Gasteiger partial charge in [0.05, 0.1) is 0 Å². The molecule has 0 bridgehead atoms. The number of allylic oxidation sites excluding steroid dienone is 4. The third kappa shape index (κ3) is 4.06. The molecule has 0 N–H and O–H groups in total. The van der Waals surface area contributed by atoms with Gasteiger partial charge < -0.3 is 0 Å². The summed E-state index contributed by atoms with van der Waals surface area (Å²) in [4.78, 5) is 0. The van der Waals surface area contributed by atoms with Crippen LogP contribution >= 0.6 is 0 Å². The molecular weight excluding hydrogens is 211 g/mol. The topological polar surface area (TPSA) is 0 Å². The van der Waals surface area contributed by atoms with Gasteiger partial charge >= 0.3 is 0 Å². The zero-order chi connectivity index (χ0) is 7.40. The quantitative estimate of drug-likeness (QED) is 0.648. The van der Waals surface area contributed by atoms with Crippen LogP contribution < -0.4 is 0 Å². The van der Waals surface area contributed by atoms with Gasteiger partial charge in [-0.3, -0.25) is 0 Å². The van der Waals surface area contributed by atoms with Crippen LogP contribution in [0.2, 0.25) is 0 Å². The van der Waals surface area contributed by atoms with E-state index < -0.39 is 0 Å². The Morgan fingerprint density at radius 2 is 2.27 bits per heavy atom. The monoisotopic (exact) mass is 225 g/mol. The minimum Gasteiger partial charge on any atom is -0.250 e. The molecule has 11 heavy (non-hydrogen) atoms. The molecule has 0 atom stereocenters. The molecule has 1 aliphatic carbocycles. The van der Waals surface area contributed by atoms with Crippen LogP contribution in [0.1, 0.15) is 39.5 Å². The van der Waals surface area contributed by atoms with E-state index in [1.165, 1.54) is 30.4 Å². The van der Waals surface area contributed by atoms with Crippen molar-refractivity contribution in [3.05, 3.63) is 23.3 Å². The van der Waals surface area contributed by atoms with Crippen LogP contribution in [0.5, 0.6) is 0 Å². The van der Waals surface area contributed by atoms with Gasteiger partial charge in [0.15, 0.2) is 0 Å². The third-order valence-electron chi connectivity index (χ3n) is 1.83. The summed E-state index contributed by atoms with van der Waals surface area (Å²) in [6.07, 6.45) is 10.6. The standard InChI is InChI=1S/C10H15.Zr/c1-3-4-5-10-7-6-9(2)8-10;/h7H,3-6H2,1-2H3;/q-1;. The fourth-order valence-electron chi connectivity index (χ4n) is 1.18. The van der Waals surface area contributed by atoms with E-state index in [0.717, 1.165) is 6.42 Å². The number of hydrogen-bond acceptors (Lipinski definition) is 0. The van der Waals surface area contributed by atoms with Gasteiger partial charge in [-0.05, 0) is 0 Å². The van der Waals surface area contributed by atoms with Crippen molar-refractivity contribution in [2.75, 3.05) is 0 Å². The van der Waals surface area contributed by atoms with Crippen LogP contribution in [-0.4, -0.2) is 0 Å². The second kappa shape index (κ2) is 5.94. The van der Waals surface area contributed by atoms with E-state index in [1.807, 2.05) is 0 Å². The van der Waals surface area contributed by atoms with Crippen LogP contribution in [0.3, 0.4) is 0 Å². The summed E-state index contributed by atoms with van der Waals surface area (Å²) >= 11 is 0. The van der Waals surface area contributed by atoms with Crippen LogP contribution in [0.15, 0.2) is 17.2 Å². The van der Waals surface area contributed by atoms with E-state index in [0.29, 0.717) is 0 Å². The molecule has 0 fully saturated rings. The van der Waals surface area contributed by atoms with E-state index in [9.17, 15) is 0 Å². The Bertz CT molecular complexity index is 166. The van der Waals surface area contributed by atoms with E-state index in [1.54, 1.807) is 0 Å². The maximum atomic E-state index is 3.37. The molecule has 0 amide bonds. The summed E-state index contributed by atoms with van der Waals surface area (Å²) in [6.45, 7) is 4.38. The van der Waals surface area contributed by atoms with Gasteiger partial charge in [0, 0.05) is 26.2 Å². The van der Waals surface area contributed by atoms with Crippen molar-refractivity contribution in [1.29, 1.82) is 0 Å². The first kappa shape index (κ1) is 11.4. The van der Waals surface area contributed by atoms with Crippen LogP contribution in [0, 0.1) is 6.08 Å². The molecule has 60 valence electrons. The maximum absolute atomic E-state index is 3.37. The molecule has 0 aliphatic heterocycles. The summed E-state index contributed by atoms with van der Waals surface area (Å²) in [7, 11) is 0. The fourth-order valence-corrected chi connectivity index (χ4v) is 1.18. The Morgan fingerprint density at radius 1 is 1.55 bits per heavy atom. The van der Waals surface area contributed by atoms with E-state index in [-0.39, 0.29) is 26.2 Å². The van der Waals surface area contributed by atoms with Crippen molar-refractivity contribution in [2.24, 2.45) is 0 Å². The van der Waals surface area contributed by atoms with Crippen molar-refractivity contribution in [3.63, 3.8) is 0 Å². The normalized spacial score (nSPS) is 15.5. The Balaban J connectivity index is 0.000001000. The average molecular weight is 226 g/mol. The van der Waals surface area contributed by atoms with Crippen LogP contribution in [0.4, 0.5) is 0 Å². The first-order valence-electron chi connectivity index (χ1n) is 4.11. The predicted molar refractivity (Wildman–Crippen MR) is 44.7 cm³/mol. The molecule has 0 heterocycles. The van der Waals surface area contributed by atoms with Gasteiger partial charge in [-0.2, -0.15) is 5.57 Å². The molecule has 1 rings (SSSR count). The van der Waals surface area contributed by atoms with Gasteiger partial charge in [-0.1, -0.05) is 39.5 Å². The number of rotatable bonds is 3. The number of unbranched alkanes of at least 4 members (excludes halogenated alkanes) is 1. The number of hydrogen-bond donors (Lipinski definition) is 0. The molecule has 1 heteroatoms.